The van der Waals surface area contributed by atoms with Crippen molar-refractivity contribution in [2.45, 2.75) is 84.8 Å². The maximum atomic E-state index is 13.6. The van der Waals surface area contributed by atoms with Crippen molar-refractivity contribution in [1.82, 2.24) is 0 Å². The van der Waals surface area contributed by atoms with Crippen LogP contribution in [-0.2, 0) is 32.1 Å². The molecule has 9 nitrogen and oxygen atoms in total. The highest BCUT2D eigenvalue weighted by Crippen LogP contribution is 2.68. The number of aliphatic hydroxyl groups is 2. The van der Waals surface area contributed by atoms with Gasteiger partial charge in [0.1, 0.15) is 18.0 Å². The van der Waals surface area contributed by atoms with E-state index >= 15 is 0 Å². The molecule has 10 heteroatoms. The maximum absolute atomic E-state index is 13.6. The number of hydrogen-bond acceptors (Lipinski definition) is 9. The van der Waals surface area contributed by atoms with Gasteiger partial charge >= 0.3 is 13.1 Å². The molecule has 4 aliphatic rings. The van der Waals surface area contributed by atoms with Crippen LogP contribution in [-0.4, -0.2) is 59.0 Å². The van der Waals surface area contributed by atoms with Gasteiger partial charge in [-0.1, -0.05) is 33.8 Å². The van der Waals surface area contributed by atoms with Crippen LogP contribution in [0.3, 0.4) is 0 Å². The number of Topliss-reactive ketones (excluding diaryl/α,β-unsaturated/α-hetero) is 1. The number of benzene rings is 1. The number of fused-ring (bicyclic) bond motifs is 1. The Morgan fingerprint density at radius 2 is 2.00 bits per heavy atom. The van der Waals surface area contributed by atoms with E-state index < -0.39 is 60.2 Å². The number of aliphatic hydroxyl groups excluding tert-OH is 2. The second-order valence-corrected chi connectivity index (χ2v) is 13.0. The summed E-state index contributed by atoms with van der Waals surface area (Å²) in [6.45, 7) is 12.1. The van der Waals surface area contributed by atoms with Crippen molar-refractivity contribution < 1.29 is 39.0 Å². The largest absolute Gasteiger partial charge is 0.491 e. The molecule has 2 bridgehead atoms. The second kappa shape index (κ2) is 10.2. The zero-order chi connectivity index (χ0) is 29.2. The average molecular weight is 555 g/mol. The van der Waals surface area contributed by atoms with Crippen LogP contribution in [0, 0.1) is 34.0 Å². The number of rotatable bonds is 6. The van der Waals surface area contributed by atoms with Gasteiger partial charge in [-0.25, -0.2) is 4.79 Å². The third-order valence-corrected chi connectivity index (χ3v) is 11.2. The van der Waals surface area contributed by atoms with Gasteiger partial charge in [0, 0.05) is 23.3 Å². The first-order chi connectivity index (χ1) is 18.8. The molecule has 1 aliphatic heterocycles. The molecule has 0 saturated heterocycles. The molecular weight excluding hydrogens is 513 g/mol. The molecule has 218 valence electrons. The van der Waals surface area contributed by atoms with E-state index in [4.69, 9.17) is 19.9 Å². The fourth-order valence-corrected chi connectivity index (χ4v) is 8.46. The van der Waals surface area contributed by atoms with E-state index in [1.807, 2.05) is 20.8 Å². The van der Waals surface area contributed by atoms with Gasteiger partial charge in [-0.05, 0) is 71.7 Å². The molecule has 3 fully saturated rings. The fourth-order valence-electron chi connectivity index (χ4n) is 8.46. The second-order valence-electron chi connectivity index (χ2n) is 13.0. The van der Waals surface area contributed by atoms with E-state index in [9.17, 15) is 24.8 Å². The lowest BCUT2D eigenvalue weighted by molar-refractivity contribution is -0.207. The van der Waals surface area contributed by atoms with Crippen LogP contribution in [0.1, 0.15) is 64.5 Å². The van der Waals surface area contributed by atoms with E-state index in [1.54, 1.807) is 18.2 Å². The van der Waals surface area contributed by atoms with Gasteiger partial charge in [-0.15, -0.1) is 6.58 Å². The quantitative estimate of drug-likeness (QED) is 0.233. The molecule has 3 aliphatic carbocycles. The summed E-state index contributed by atoms with van der Waals surface area (Å²) in [6, 6.07) is 3.37. The molecule has 3 saturated carbocycles. The Kier molecular flexibility index (Phi) is 7.49. The molecule has 1 aromatic rings. The number of ether oxygens (including phenoxy) is 2. The molecule has 5 N–H and O–H groups in total. The zero-order valence-electron chi connectivity index (χ0n) is 23.9. The Morgan fingerprint density at radius 1 is 1.27 bits per heavy atom. The summed E-state index contributed by atoms with van der Waals surface area (Å²) in [5.74, 6) is -1.25. The van der Waals surface area contributed by atoms with Crippen LogP contribution in [0.4, 0.5) is 0 Å². The first kappa shape index (κ1) is 29.3. The van der Waals surface area contributed by atoms with Crippen LogP contribution in [0.2, 0.25) is 0 Å². The molecule has 1 aromatic carbocycles. The van der Waals surface area contributed by atoms with Crippen LogP contribution >= 0.6 is 0 Å². The van der Waals surface area contributed by atoms with Crippen LogP contribution < -0.4 is 15.9 Å². The Labute approximate surface area is 236 Å². The van der Waals surface area contributed by atoms with Gasteiger partial charge in [-0.2, -0.15) is 0 Å². The number of nitrogens with two attached hydrogens (primary N) is 1. The Bertz CT molecular complexity index is 1210. The minimum Gasteiger partial charge on any atom is -0.482 e. The SMILES string of the molecule is C=C[C@]1(C)C[C@@H](OC(=O)COc2cc(CN)c3c(c2)B(O)OC3)[C@]2(C)[C@H](C)CC[C@]3(C[C@H](O)C(=O)[C@H]32)[C@@H](C)[C@@H]1O. The van der Waals surface area contributed by atoms with E-state index in [-0.39, 0.29) is 37.2 Å². The van der Waals surface area contributed by atoms with E-state index in [0.717, 1.165) is 17.5 Å². The summed E-state index contributed by atoms with van der Waals surface area (Å²) >= 11 is 0. The number of ketones is 1. The normalized spacial score (nSPS) is 40.6. The van der Waals surface area contributed by atoms with Crippen molar-refractivity contribution in [3.05, 3.63) is 35.9 Å². The third-order valence-electron chi connectivity index (χ3n) is 11.2. The summed E-state index contributed by atoms with van der Waals surface area (Å²) in [5.41, 5.74) is 5.88. The van der Waals surface area contributed by atoms with Crippen molar-refractivity contribution in [3.8, 4) is 5.75 Å². The Hall–Kier alpha value is -2.24. The standard InChI is InChI=1S/C30H42BNO8/c1-6-28(4)12-23(40-24(34)15-38-19-9-18(13-32)20-14-39-31(37)21(20)10-19)29(5)16(2)7-8-30(17(3)27(28)36)11-22(33)25(35)26(29)30/h6,9-10,16-17,22-23,26-27,33,36-37H,1,7-8,11-15,32H2,2-5H3/t16-,17+,22+,23-,26+,27+,28-,29+,30+/m1/s1. The van der Waals surface area contributed by atoms with Gasteiger partial charge in [0.15, 0.2) is 12.4 Å². The van der Waals surface area contributed by atoms with Gasteiger partial charge < -0.3 is 35.1 Å². The number of hydrogen-bond donors (Lipinski definition) is 4. The molecule has 5 rings (SSSR count). The summed E-state index contributed by atoms with van der Waals surface area (Å²) < 4.78 is 17.3. The molecule has 0 unspecified atom stereocenters. The average Bonchev–Trinajstić information content (AvgIpc) is 3.44. The summed E-state index contributed by atoms with van der Waals surface area (Å²) in [7, 11) is -1.08. The van der Waals surface area contributed by atoms with Gasteiger partial charge in [0.25, 0.3) is 0 Å². The van der Waals surface area contributed by atoms with Crippen molar-refractivity contribution in [2.75, 3.05) is 6.61 Å². The Balaban J connectivity index is 1.45. The van der Waals surface area contributed by atoms with Crippen LogP contribution in [0.5, 0.6) is 5.75 Å². The van der Waals surface area contributed by atoms with Gasteiger partial charge in [0.2, 0.25) is 0 Å². The lowest BCUT2D eigenvalue weighted by atomic mass is 9.44. The van der Waals surface area contributed by atoms with Crippen LogP contribution in [0.25, 0.3) is 0 Å². The van der Waals surface area contributed by atoms with E-state index in [0.29, 0.717) is 24.1 Å². The molecule has 0 aromatic heterocycles. The van der Waals surface area contributed by atoms with Gasteiger partial charge in [-0.3, -0.25) is 4.79 Å². The highest BCUT2D eigenvalue weighted by molar-refractivity contribution is 6.61. The molecule has 40 heavy (non-hydrogen) atoms. The molecule has 0 radical (unpaired) electrons. The van der Waals surface area contributed by atoms with Crippen molar-refractivity contribution in [1.29, 1.82) is 0 Å². The zero-order valence-corrected chi connectivity index (χ0v) is 23.9. The lowest BCUT2D eigenvalue weighted by Crippen LogP contribution is -2.63. The van der Waals surface area contributed by atoms with Crippen LogP contribution in [0.15, 0.2) is 24.8 Å². The van der Waals surface area contributed by atoms with E-state index in [2.05, 4.69) is 13.5 Å². The highest BCUT2D eigenvalue weighted by atomic mass is 16.6. The van der Waals surface area contributed by atoms with Crippen molar-refractivity contribution in [2.24, 2.45) is 39.7 Å². The highest BCUT2D eigenvalue weighted by Gasteiger charge is 2.70. The first-order valence-electron chi connectivity index (χ1n) is 14.3. The molecule has 1 heterocycles. The Morgan fingerprint density at radius 3 is 2.67 bits per heavy atom. The molecule has 0 spiro atoms. The summed E-state index contributed by atoms with van der Waals surface area (Å²) in [6.07, 6.45) is 1.15. The summed E-state index contributed by atoms with van der Waals surface area (Å²) in [5, 5.41) is 32.6. The first-order valence-corrected chi connectivity index (χ1v) is 14.3. The number of carbonyl (C=O) groups is 2. The number of esters is 1. The predicted octanol–water partition coefficient (Wildman–Crippen LogP) is 1.62. The van der Waals surface area contributed by atoms with Crippen molar-refractivity contribution in [3.63, 3.8) is 0 Å². The topological polar surface area (TPSA) is 149 Å². The fraction of sp³-hybridized carbons (Fsp3) is 0.667. The summed E-state index contributed by atoms with van der Waals surface area (Å²) in [4.78, 5) is 27.0. The monoisotopic (exact) mass is 555 g/mol. The maximum Gasteiger partial charge on any atom is 0.491 e. The van der Waals surface area contributed by atoms with E-state index in [1.165, 1.54) is 0 Å². The smallest absolute Gasteiger partial charge is 0.482 e. The number of carbonyl (C=O) groups excluding carboxylic acids is 2. The minimum atomic E-state index is -1.10. The minimum absolute atomic E-state index is 0.0282. The lowest BCUT2D eigenvalue weighted by Gasteiger charge is -2.61. The van der Waals surface area contributed by atoms with Crippen molar-refractivity contribution >= 4 is 24.3 Å². The molecule has 0 amide bonds. The molecular formula is C30H42BNO8. The third kappa shape index (κ3) is 4.26. The molecule has 9 atom stereocenters. The predicted molar refractivity (Wildman–Crippen MR) is 148 cm³/mol. The van der Waals surface area contributed by atoms with Gasteiger partial charge in [0.05, 0.1) is 12.7 Å².